The van der Waals surface area contributed by atoms with Gasteiger partial charge in [-0.1, -0.05) is 41.0 Å². The van der Waals surface area contributed by atoms with E-state index in [2.05, 4.69) is 0 Å². The van der Waals surface area contributed by atoms with Crippen LogP contribution in [-0.4, -0.2) is 58.0 Å². The van der Waals surface area contributed by atoms with Crippen molar-refractivity contribution in [2.75, 3.05) is 0 Å². The van der Waals surface area contributed by atoms with Crippen molar-refractivity contribution >= 4 is 11.6 Å². The third kappa shape index (κ3) is 6.02. The van der Waals surface area contributed by atoms with Gasteiger partial charge in [0.15, 0.2) is 5.78 Å². The van der Waals surface area contributed by atoms with Gasteiger partial charge in [0.2, 0.25) is 11.4 Å². The SMILES string of the molecule is CC(C)=CCc1c(O)ccc(C(=O)[C@@]2(c3ccc(O)cc3O)CC(C)=C[C@H](c3c(O)cc4c(c3O)C(=O)C3(CC=C(C)C)Oc5cc(O)ccc5C3(O)O4)C2)c1O. The van der Waals surface area contributed by atoms with E-state index in [9.17, 15) is 45.6 Å². The second kappa shape index (κ2) is 13.7. The quantitative estimate of drug-likeness (QED) is 0.0639. The van der Waals surface area contributed by atoms with Crippen LogP contribution in [0.4, 0.5) is 0 Å². The summed E-state index contributed by atoms with van der Waals surface area (Å²) in [4.78, 5) is 30.0. The van der Waals surface area contributed by atoms with E-state index in [1.165, 1.54) is 42.5 Å². The minimum Gasteiger partial charge on any atom is -0.508 e. The lowest BCUT2D eigenvalue weighted by molar-refractivity contribution is -0.221. The molecule has 1 aliphatic carbocycles. The fourth-order valence-corrected chi connectivity index (χ4v) is 8.55. The molecule has 296 valence electrons. The van der Waals surface area contributed by atoms with E-state index >= 15 is 4.79 Å². The van der Waals surface area contributed by atoms with E-state index in [0.717, 1.165) is 23.3 Å². The molecule has 0 aromatic heterocycles. The first-order valence-electron chi connectivity index (χ1n) is 18.5. The lowest BCUT2D eigenvalue weighted by Gasteiger charge is -2.43. The predicted octanol–water partition coefficient (Wildman–Crippen LogP) is 7.69. The summed E-state index contributed by atoms with van der Waals surface area (Å²) in [5, 5.41) is 90.1. The highest BCUT2D eigenvalue weighted by atomic mass is 16.7. The molecule has 7 rings (SSSR count). The minimum atomic E-state index is -2.44. The molecule has 0 fully saturated rings. The molecule has 0 spiro atoms. The van der Waals surface area contributed by atoms with Gasteiger partial charge in [0.05, 0.1) is 16.5 Å². The highest BCUT2D eigenvalue weighted by molar-refractivity contribution is 6.10. The Hall–Kier alpha value is -6.40. The van der Waals surface area contributed by atoms with Crippen LogP contribution in [0.1, 0.15) is 103 Å². The van der Waals surface area contributed by atoms with Crippen molar-refractivity contribution in [3.63, 3.8) is 0 Å². The van der Waals surface area contributed by atoms with Crippen molar-refractivity contribution in [1.82, 2.24) is 0 Å². The number of fused-ring (bicyclic) bond motifs is 4. The first-order chi connectivity index (χ1) is 26.8. The van der Waals surface area contributed by atoms with Gasteiger partial charge in [-0.15, -0.1) is 0 Å². The monoisotopic (exact) mass is 776 g/mol. The van der Waals surface area contributed by atoms with Gasteiger partial charge >= 0.3 is 0 Å². The third-order valence-corrected chi connectivity index (χ3v) is 11.2. The number of carbonyl (C=O) groups excluding carboxylic acids is 2. The molecule has 4 aromatic rings. The second-order valence-corrected chi connectivity index (χ2v) is 15.8. The van der Waals surface area contributed by atoms with E-state index in [0.29, 0.717) is 5.57 Å². The fraction of sp³-hybridized carbons (Fsp3) is 0.289. The summed E-state index contributed by atoms with van der Waals surface area (Å²) < 4.78 is 12.3. The maximum absolute atomic E-state index is 15.1. The van der Waals surface area contributed by atoms with Crippen molar-refractivity contribution in [2.24, 2.45) is 0 Å². The Morgan fingerprint density at radius 3 is 2.11 bits per heavy atom. The predicted molar refractivity (Wildman–Crippen MR) is 209 cm³/mol. The molecule has 0 bridgehead atoms. The summed E-state index contributed by atoms with van der Waals surface area (Å²) in [6.07, 6.45) is 4.85. The van der Waals surface area contributed by atoms with E-state index in [1.807, 2.05) is 13.8 Å². The van der Waals surface area contributed by atoms with Crippen LogP contribution in [0.3, 0.4) is 0 Å². The number of carbonyl (C=O) groups is 2. The molecule has 0 saturated carbocycles. The van der Waals surface area contributed by atoms with Crippen molar-refractivity contribution in [3.05, 3.63) is 123 Å². The van der Waals surface area contributed by atoms with Gasteiger partial charge in [0.25, 0.3) is 5.79 Å². The summed E-state index contributed by atoms with van der Waals surface area (Å²) in [5.41, 5.74) is -2.05. The van der Waals surface area contributed by atoms with Crippen LogP contribution in [0.15, 0.2) is 89.5 Å². The zero-order chi connectivity index (χ0) is 41.4. The Balaban J connectivity index is 1.40. The van der Waals surface area contributed by atoms with Crippen LogP contribution < -0.4 is 9.47 Å². The maximum atomic E-state index is 15.1. The van der Waals surface area contributed by atoms with E-state index in [1.54, 1.807) is 39.0 Å². The number of phenols is 7. The average molecular weight is 777 g/mol. The molecule has 4 aromatic carbocycles. The molecule has 8 N–H and O–H groups in total. The number of hydrogen-bond acceptors (Lipinski definition) is 12. The van der Waals surface area contributed by atoms with Crippen LogP contribution in [0.5, 0.6) is 51.7 Å². The Bertz CT molecular complexity index is 2470. The second-order valence-electron chi connectivity index (χ2n) is 15.8. The highest BCUT2D eigenvalue weighted by Crippen LogP contribution is 2.60. The molecule has 2 heterocycles. The lowest BCUT2D eigenvalue weighted by Crippen LogP contribution is -2.62. The zero-order valence-corrected chi connectivity index (χ0v) is 32.0. The number of phenolic OH excluding ortho intramolecular Hbond substituents is 7. The molecule has 2 unspecified atom stereocenters. The van der Waals surface area contributed by atoms with Crippen LogP contribution >= 0.6 is 0 Å². The van der Waals surface area contributed by atoms with Crippen molar-refractivity contribution < 1.29 is 59.9 Å². The van der Waals surface area contributed by atoms with Crippen LogP contribution in [0.25, 0.3) is 0 Å². The van der Waals surface area contributed by atoms with Gasteiger partial charge in [0, 0.05) is 47.2 Å². The lowest BCUT2D eigenvalue weighted by atomic mass is 9.61. The molecular formula is C45H44O12. The number of rotatable bonds is 8. The number of aliphatic hydroxyl groups is 1. The van der Waals surface area contributed by atoms with Crippen LogP contribution in [0, 0.1) is 0 Å². The topological polar surface area (TPSA) is 214 Å². The number of benzene rings is 4. The number of allylic oxidation sites excluding steroid dienone is 5. The van der Waals surface area contributed by atoms with Crippen molar-refractivity contribution in [1.29, 1.82) is 0 Å². The molecule has 0 saturated heterocycles. The number of ether oxygens (including phenoxy) is 2. The molecule has 12 heteroatoms. The van der Waals surface area contributed by atoms with Gasteiger partial charge < -0.3 is 50.3 Å². The summed E-state index contributed by atoms with van der Waals surface area (Å²) in [5.74, 6) is -8.15. The normalized spacial score (nSPS) is 23.2. The first kappa shape index (κ1) is 38.9. The van der Waals surface area contributed by atoms with Crippen LogP contribution in [-0.2, 0) is 17.6 Å². The molecule has 3 aliphatic rings. The smallest absolute Gasteiger partial charge is 0.286 e. The molecule has 0 radical (unpaired) electrons. The summed E-state index contributed by atoms with van der Waals surface area (Å²) in [6, 6.07) is 11.4. The van der Waals surface area contributed by atoms with Gasteiger partial charge in [-0.3, -0.25) is 9.59 Å². The molecule has 57 heavy (non-hydrogen) atoms. The average Bonchev–Trinajstić information content (AvgIpc) is 3.37. The Morgan fingerprint density at radius 1 is 0.772 bits per heavy atom. The molecule has 2 aliphatic heterocycles. The zero-order valence-electron chi connectivity index (χ0n) is 32.0. The molecule has 12 nitrogen and oxygen atoms in total. The van der Waals surface area contributed by atoms with Gasteiger partial charge in [-0.05, 0) is 84.2 Å². The number of hydrogen-bond donors (Lipinski definition) is 8. The van der Waals surface area contributed by atoms with Gasteiger partial charge in [0.1, 0.15) is 57.3 Å². The fourth-order valence-electron chi connectivity index (χ4n) is 8.55. The summed E-state index contributed by atoms with van der Waals surface area (Å²) in [6.45, 7) is 9.00. The van der Waals surface area contributed by atoms with Crippen molar-refractivity contribution in [3.8, 4) is 51.7 Å². The van der Waals surface area contributed by atoms with Crippen LogP contribution in [0.2, 0.25) is 0 Å². The molecular weight excluding hydrogens is 732 g/mol. The number of ketones is 2. The molecule has 0 amide bonds. The van der Waals surface area contributed by atoms with E-state index in [4.69, 9.17) is 9.47 Å². The van der Waals surface area contributed by atoms with Gasteiger partial charge in [-0.25, -0.2) is 0 Å². The van der Waals surface area contributed by atoms with Gasteiger partial charge in [-0.2, -0.15) is 0 Å². The minimum absolute atomic E-state index is 0.00339. The number of aromatic hydroxyl groups is 7. The van der Waals surface area contributed by atoms with E-state index in [-0.39, 0.29) is 82.2 Å². The Labute approximate surface area is 328 Å². The third-order valence-electron chi connectivity index (χ3n) is 11.2. The Kier molecular flexibility index (Phi) is 9.31. The largest absolute Gasteiger partial charge is 0.508 e. The maximum Gasteiger partial charge on any atom is 0.286 e. The standard InChI is InChI=1S/C45H44O12/c1-22(2)6-9-28-32(48)13-10-29(39(28)51)41(53)43(30-11-7-26(46)17-33(30)49)20-24(5)16-25(21-43)37-34(50)19-36-38(40(37)52)42(54)44(15-14-23(3)4)45(55,57-36)31-12-8-27(47)18-35(31)56-44/h6-8,10-14,16-19,25,46-52,55H,9,15,20-21H2,1-5H3/t25-,43-,44?,45?/m0/s1. The molecule has 4 atom stereocenters. The first-order valence-corrected chi connectivity index (χ1v) is 18.5. The number of Topliss-reactive ketones (excluding diaryl/α,β-unsaturated/α-hetero) is 2. The van der Waals surface area contributed by atoms with E-state index < -0.39 is 62.8 Å². The van der Waals surface area contributed by atoms with Crippen molar-refractivity contribution in [2.45, 2.75) is 83.0 Å². The summed E-state index contributed by atoms with van der Waals surface area (Å²) >= 11 is 0. The Morgan fingerprint density at radius 2 is 1.44 bits per heavy atom. The highest BCUT2D eigenvalue weighted by Gasteiger charge is 2.70. The summed E-state index contributed by atoms with van der Waals surface area (Å²) in [7, 11) is 0.